The molecule has 0 radical (unpaired) electrons. The minimum absolute atomic E-state index is 0.0567. The van der Waals surface area contributed by atoms with Crippen molar-refractivity contribution in [2.45, 2.75) is 0 Å². The number of halogens is 2. The summed E-state index contributed by atoms with van der Waals surface area (Å²) in [5.41, 5.74) is 5.46. The number of benzene rings is 1. The number of carbonyl (C=O) groups is 1. The molecule has 0 saturated carbocycles. The molecule has 0 atom stereocenters. The molecule has 0 amide bonds. The number of hydrogen-bond donors (Lipinski definition) is 2. The average Bonchev–Trinajstić information content (AvgIpc) is 2.37. The van der Waals surface area contributed by atoms with E-state index < -0.39 is 12.0 Å². The number of methoxy groups -OCH3 is 1. The van der Waals surface area contributed by atoms with E-state index in [1.807, 2.05) is 0 Å². The van der Waals surface area contributed by atoms with E-state index in [4.69, 9.17) is 27.2 Å². The average molecular weight is 314 g/mol. The van der Waals surface area contributed by atoms with Gasteiger partial charge in [-0.15, -0.1) is 0 Å². The molecule has 0 unspecified atom stereocenters. The number of ether oxygens (including phenoxy) is 2. The maximum Gasteiger partial charge on any atom is 0.512 e. The molecule has 110 valence electrons. The van der Waals surface area contributed by atoms with Gasteiger partial charge in [0.15, 0.2) is 17.4 Å². The number of rotatable bonds is 3. The third-order valence-corrected chi connectivity index (χ3v) is 2.71. The molecular formula is C12H9ClFN3O4. The van der Waals surface area contributed by atoms with E-state index in [1.165, 1.54) is 19.2 Å². The Bertz CT molecular complexity index is 711. The minimum atomic E-state index is -1.58. The topological polar surface area (TPSA) is 108 Å². The summed E-state index contributed by atoms with van der Waals surface area (Å²) in [4.78, 5) is 18.1. The molecule has 0 aliphatic carbocycles. The first-order valence-electron chi connectivity index (χ1n) is 5.50. The molecule has 2 aromatic rings. The Morgan fingerprint density at radius 2 is 2.14 bits per heavy atom. The number of carboxylic acid groups (broad SMARTS) is 1. The molecule has 1 heterocycles. The normalized spacial score (nSPS) is 10.2. The highest BCUT2D eigenvalue weighted by atomic mass is 35.5. The third-order valence-electron chi connectivity index (χ3n) is 2.41. The second kappa shape index (κ2) is 5.80. The molecular weight excluding hydrogens is 305 g/mol. The molecule has 7 nitrogen and oxygen atoms in total. The van der Waals surface area contributed by atoms with E-state index in [1.54, 1.807) is 0 Å². The van der Waals surface area contributed by atoms with Crippen LogP contribution in [0.4, 0.5) is 15.0 Å². The van der Waals surface area contributed by atoms with Crippen molar-refractivity contribution >= 4 is 23.6 Å². The van der Waals surface area contributed by atoms with Crippen molar-refractivity contribution in [1.29, 1.82) is 0 Å². The van der Waals surface area contributed by atoms with Crippen LogP contribution in [0.5, 0.6) is 11.6 Å². The van der Waals surface area contributed by atoms with E-state index in [0.29, 0.717) is 0 Å². The molecule has 0 aliphatic heterocycles. The Morgan fingerprint density at radius 3 is 2.76 bits per heavy atom. The molecule has 0 bridgehead atoms. The van der Waals surface area contributed by atoms with Crippen molar-refractivity contribution in [2.75, 3.05) is 12.8 Å². The number of nitrogen functional groups attached to an aromatic ring is 1. The lowest BCUT2D eigenvalue weighted by Crippen LogP contribution is -2.07. The molecule has 3 N–H and O–H groups in total. The highest BCUT2D eigenvalue weighted by Gasteiger charge is 2.18. The summed E-state index contributed by atoms with van der Waals surface area (Å²) in [5, 5.41) is 8.63. The van der Waals surface area contributed by atoms with Gasteiger partial charge in [-0.25, -0.2) is 14.2 Å². The minimum Gasteiger partial charge on any atom is -0.492 e. The quantitative estimate of drug-likeness (QED) is 0.838. The van der Waals surface area contributed by atoms with Crippen LogP contribution < -0.4 is 15.2 Å². The summed E-state index contributed by atoms with van der Waals surface area (Å²) in [6.45, 7) is 0. The summed E-state index contributed by atoms with van der Waals surface area (Å²) in [6.07, 6.45) is -1.58. The largest absolute Gasteiger partial charge is 0.512 e. The fourth-order valence-corrected chi connectivity index (χ4v) is 1.82. The second-order valence-electron chi connectivity index (χ2n) is 3.76. The van der Waals surface area contributed by atoms with Gasteiger partial charge in [0, 0.05) is 6.07 Å². The van der Waals surface area contributed by atoms with E-state index in [-0.39, 0.29) is 33.9 Å². The van der Waals surface area contributed by atoms with Crippen LogP contribution in [-0.4, -0.2) is 28.3 Å². The molecule has 21 heavy (non-hydrogen) atoms. The van der Waals surface area contributed by atoms with Crippen LogP contribution in [0, 0.1) is 5.82 Å². The van der Waals surface area contributed by atoms with E-state index in [2.05, 4.69) is 14.7 Å². The molecule has 1 aromatic heterocycles. The van der Waals surface area contributed by atoms with E-state index >= 15 is 0 Å². The van der Waals surface area contributed by atoms with E-state index in [9.17, 15) is 9.18 Å². The third kappa shape index (κ3) is 3.11. The Hall–Kier alpha value is -2.61. The van der Waals surface area contributed by atoms with Crippen LogP contribution in [0.3, 0.4) is 0 Å². The lowest BCUT2D eigenvalue weighted by atomic mass is 10.2. The SMILES string of the molecule is COc1c(Cl)ccc(-c2nc(N)cc(OC(=O)O)n2)c1F. The van der Waals surface area contributed by atoms with Crippen LogP contribution >= 0.6 is 11.6 Å². The predicted octanol–water partition coefficient (Wildman–Crippen LogP) is 2.58. The van der Waals surface area contributed by atoms with Gasteiger partial charge in [-0.05, 0) is 12.1 Å². The first-order valence-corrected chi connectivity index (χ1v) is 5.88. The van der Waals surface area contributed by atoms with Crippen LogP contribution in [0.1, 0.15) is 0 Å². The fraction of sp³-hybridized carbons (Fsp3) is 0.0833. The van der Waals surface area contributed by atoms with Gasteiger partial charge in [0.25, 0.3) is 0 Å². The van der Waals surface area contributed by atoms with Crippen molar-refractivity contribution < 1.29 is 23.8 Å². The number of anilines is 1. The van der Waals surface area contributed by atoms with Gasteiger partial charge in [-0.2, -0.15) is 4.98 Å². The van der Waals surface area contributed by atoms with Gasteiger partial charge >= 0.3 is 6.16 Å². The van der Waals surface area contributed by atoms with Gasteiger partial charge in [-0.1, -0.05) is 11.6 Å². The summed E-state index contributed by atoms with van der Waals surface area (Å²) in [5.74, 6) is -1.53. The maximum atomic E-state index is 14.3. The maximum absolute atomic E-state index is 14.3. The van der Waals surface area contributed by atoms with Crippen molar-refractivity contribution in [3.8, 4) is 23.0 Å². The first kappa shape index (κ1) is 14.8. The summed E-state index contributed by atoms with van der Waals surface area (Å²) < 4.78 is 23.5. The van der Waals surface area contributed by atoms with Crippen LogP contribution in [-0.2, 0) is 0 Å². The van der Waals surface area contributed by atoms with Crippen molar-refractivity contribution in [3.63, 3.8) is 0 Å². The second-order valence-corrected chi connectivity index (χ2v) is 4.17. The lowest BCUT2D eigenvalue weighted by molar-refractivity contribution is 0.142. The molecule has 0 saturated heterocycles. The van der Waals surface area contributed by atoms with Crippen molar-refractivity contribution in [1.82, 2.24) is 9.97 Å². The molecule has 1 aromatic carbocycles. The molecule has 9 heteroatoms. The van der Waals surface area contributed by atoms with Gasteiger partial charge < -0.3 is 20.3 Å². The lowest BCUT2D eigenvalue weighted by Gasteiger charge is -2.09. The Balaban J connectivity index is 2.56. The fourth-order valence-electron chi connectivity index (χ4n) is 1.60. The zero-order chi connectivity index (χ0) is 15.6. The van der Waals surface area contributed by atoms with Gasteiger partial charge in [0.2, 0.25) is 5.88 Å². The number of nitrogens with two attached hydrogens (primary N) is 1. The Kier molecular flexibility index (Phi) is 4.08. The highest BCUT2D eigenvalue weighted by Crippen LogP contribution is 2.34. The summed E-state index contributed by atoms with van der Waals surface area (Å²) in [6, 6.07) is 3.81. The molecule has 0 spiro atoms. The molecule has 2 rings (SSSR count). The smallest absolute Gasteiger partial charge is 0.492 e. The van der Waals surface area contributed by atoms with E-state index in [0.717, 1.165) is 6.07 Å². The van der Waals surface area contributed by atoms with Gasteiger partial charge in [0.05, 0.1) is 17.7 Å². The van der Waals surface area contributed by atoms with Gasteiger partial charge in [-0.3, -0.25) is 0 Å². The van der Waals surface area contributed by atoms with Crippen LogP contribution in [0.15, 0.2) is 18.2 Å². The number of aromatic nitrogens is 2. The standard InChI is InChI=1S/C12H9ClFN3O4/c1-20-10-6(13)3-2-5(9(10)14)11-16-7(15)4-8(17-11)21-12(18)19/h2-4H,1H3,(H,18,19)(H2,15,16,17). The Labute approximate surface area is 123 Å². The summed E-state index contributed by atoms with van der Waals surface area (Å²) in [7, 11) is 1.26. The number of hydrogen-bond acceptors (Lipinski definition) is 6. The number of nitrogens with zero attached hydrogens (tertiary/aromatic N) is 2. The van der Waals surface area contributed by atoms with Crippen LogP contribution in [0.2, 0.25) is 5.02 Å². The molecule has 0 fully saturated rings. The first-order chi connectivity index (χ1) is 9.92. The summed E-state index contributed by atoms with van der Waals surface area (Å²) >= 11 is 5.79. The predicted molar refractivity (Wildman–Crippen MR) is 72.1 cm³/mol. The molecule has 0 aliphatic rings. The zero-order valence-electron chi connectivity index (χ0n) is 10.6. The van der Waals surface area contributed by atoms with Crippen molar-refractivity contribution in [2.24, 2.45) is 0 Å². The monoisotopic (exact) mass is 313 g/mol. The highest BCUT2D eigenvalue weighted by molar-refractivity contribution is 6.32. The van der Waals surface area contributed by atoms with Gasteiger partial charge in [0.1, 0.15) is 5.82 Å². The van der Waals surface area contributed by atoms with Crippen LogP contribution in [0.25, 0.3) is 11.4 Å². The zero-order valence-corrected chi connectivity index (χ0v) is 11.4. The van der Waals surface area contributed by atoms with Crippen molar-refractivity contribution in [3.05, 3.63) is 29.0 Å². The Morgan fingerprint density at radius 1 is 1.43 bits per heavy atom.